The van der Waals surface area contributed by atoms with Crippen LogP contribution in [0.4, 0.5) is 0 Å². The number of hydrogen-bond acceptors (Lipinski definition) is 4. The summed E-state index contributed by atoms with van der Waals surface area (Å²) in [6, 6.07) is 10.2. The molecule has 0 saturated carbocycles. The predicted octanol–water partition coefficient (Wildman–Crippen LogP) is 5.92. The van der Waals surface area contributed by atoms with Gasteiger partial charge in [-0.25, -0.2) is 0 Å². The number of hydrogen-bond donors (Lipinski definition) is 0. The highest BCUT2D eigenvalue weighted by Gasteiger charge is 2.15. The number of nitrogens with zero attached hydrogens (tertiary/aromatic N) is 3. The SMILES string of the molecule is CCCn1c(SCc2cccc(Cl)c2)nnc1-c1csc(CC)c1. The molecule has 3 aromatic rings. The molecule has 0 amide bonds. The van der Waals surface area contributed by atoms with Gasteiger partial charge in [-0.05, 0) is 36.6 Å². The molecule has 2 heterocycles. The summed E-state index contributed by atoms with van der Waals surface area (Å²) in [5.41, 5.74) is 2.37. The lowest BCUT2D eigenvalue weighted by molar-refractivity contribution is 0.626. The van der Waals surface area contributed by atoms with Crippen LogP contribution in [0.15, 0.2) is 40.9 Å². The Hall–Kier alpha value is -1.30. The number of thioether (sulfide) groups is 1. The quantitative estimate of drug-likeness (QED) is 0.478. The first-order chi connectivity index (χ1) is 11.7. The number of aromatic nitrogens is 3. The van der Waals surface area contributed by atoms with E-state index in [1.165, 1.54) is 16.0 Å². The van der Waals surface area contributed by atoms with Gasteiger partial charge in [-0.15, -0.1) is 21.5 Å². The van der Waals surface area contributed by atoms with Gasteiger partial charge in [0.15, 0.2) is 11.0 Å². The third-order valence-electron chi connectivity index (χ3n) is 3.68. The average Bonchev–Trinajstić information content (AvgIpc) is 3.20. The van der Waals surface area contributed by atoms with Crippen LogP contribution in [0.2, 0.25) is 5.02 Å². The van der Waals surface area contributed by atoms with Gasteiger partial charge in [-0.3, -0.25) is 0 Å². The smallest absolute Gasteiger partial charge is 0.191 e. The van der Waals surface area contributed by atoms with Crippen LogP contribution in [-0.2, 0) is 18.7 Å². The van der Waals surface area contributed by atoms with Gasteiger partial charge < -0.3 is 4.57 Å². The largest absolute Gasteiger partial charge is 0.302 e. The van der Waals surface area contributed by atoms with E-state index in [2.05, 4.69) is 46.1 Å². The van der Waals surface area contributed by atoms with Gasteiger partial charge in [0, 0.05) is 33.1 Å². The van der Waals surface area contributed by atoms with Crippen molar-refractivity contribution in [2.75, 3.05) is 0 Å². The molecule has 0 aliphatic rings. The Morgan fingerprint density at radius 2 is 2.08 bits per heavy atom. The minimum Gasteiger partial charge on any atom is -0.302 e. The minimum absolute atomic E-state index is 0.772. The number of aryl methyl sites for hydroxylation is 1. The molecule has 0 unspecified atom stereocenters. The van der Waals surface area contributed by atoms with E-state index in [0.29, 0.717) is 0 Å². The third kappa shape index (κ3) is 4.02. The molecule has 0 bridgehead atoms. The highest BCUT2D eigenvalue weighted by molar-refractivity contribution is 7.98. The number of halogens is 1. The Kier molecular flexibility index (Phi) is 5.98. The zero-order valence-corrected chi connectivity index (χ0v) is 16.2. The molecule has 0 N–H and O–H groups in total. The molecule has 24 heavy (non-hydrogen) atoms. The average molecular weight is 378 g/mol. The van der Waals surface area contributed by atoms with Crippen molar-refractivity contribution in [3.05, 3.63) is 51.2 Å². The van der Waals surface area contributed by atoms with Gasteiger partial charge in [0.05, 0.1) is 0 Å². The molecule has 0 fully saturated rings. The number of benzene rings is 1. The summed E-state index contributed by atoms with van der Waals surface area (Å²) in [5, 5.41) is 12.8. The molecular formula is C18H20ClN3S2. The Labute approximate surface area is 156 Å². The molecule has 0 saturated heterocycles. The molecular weight excluding hydrogens is 358 g/mol. The van der Waals surface area contributed by atoms with Crippen molar-refractivity contribution in [3.63, 3.8) is 0 Å². The topological polar surface area (TPSA) is 30.7 Å². The Morgan fingerprint density at radius 1 is 1.21 bits per heavy atom. The zero-order chi connectivity index (χ0) is 16.9. The standard InChI is InChI=1S/C18H20ClN3S2/c1-3-8-22-17(14-10-16(4-2)23-12-14)20-21-18(22)24-11-13-6-5-7-15(19)9-13/h5-7,9-10,12H,3-4,8,11H2,1-2H3. The minimum atomic E-state index is 0.772. The van der Waals surface area contributed by atoms with Crippen LogP contribution in [0.5, 0.6) is 0 Å². The van der Waals surface area contributed by atoms with Gasteiger partial charge in [0.1, 0.15) is 0 Å². The molecule has 0 atom stereocenters. The summed E-state index contributed by atoms with van der Waals surface area (Å²) in [7, 11) is 0. The molecule has 0 spiro atoms. The molecule has 3 nitrogen and oxygen atoms in total. The van der Waals surface area contributed by atoms with Crippen molar-refractivity contribution in [3.8, 4) is 11.4 Å². The van der Waals surface area contributed by atoms with E-state index in [1.54, 1.807) is 23.1 Å². The normalized spacial score (nSPS) is 11.1. The van der Waals surface area contributed by atoms with Crippen molar-refractivity contribution in [1.82, 2.24) is 14.8 Å². The first-order valence-electron chi connectivity index (χ1n) is 8.09. The maximum absolute atomic E-state index is 6.07. The van der Waals surface area contributed by atoms with E-state index in [0.717, 1.165) is 41.1 Å². The second-order valence-electron chi connectivity index (χ2n) is 5.53. The lowest BCUT2D eigenvalue weighted by Gasteiger charge is -2.08. The molecule has 6 heteroatoms. The fourth-order valence-corrected chi connectivity index (χ4v) is 4.43. The van der Waals surface area contributed by atoms with Crippen LogP contribution in [0, 0.1) is 0 Å². The van der Waals surface area contributed by atoms with Crippen LogP contribution >= 0.6 is 34.7 Å². The molecule has 0 aliphatic carbocycles. The summed E-state index contributed by atoms with van der Waals surface area (Å²) >= 11 is 9.57. The first kappa shape index (κ1) is 17.5. The van der Waals surface area contributed by atoms with Crippen molar-refractivity contribution in [2.45, 2.75) is 44.1 Å². The van der Waals surface area contributed by atoms with E-state index >= 15 is 0 Å². The molecule has 1 aromatic carbocycles. The van der Waals surface area contributed by atoms with Crippen LogP contribution < -0.4 is 0 Å². The Morgan fingerprint density at radius 3 is 2.79 bits per heavy atom. The second kappa shape index (κ2) is 8.19. The molecule has 2 aromatic heterocycles. The fraction of sp³-hybridized carbons (Fsp3) is 0.333. The Bertz CT molecular complexity index is 810. The summed E-state index contributed by atoms with van der Waals surface area (Å²) in [5.74, 6) is 1.81. The van der Waals surface area contributed by atoms with E-state index in [4.69, 9.17) is 11.6 Å². The molecule has 3 rings (SSSR count). The van der Waals surface area contributed by atoms with Crippen molar-refractivity contribution >= 4 is 34.7 Å². The van der Waals surface area contributed by atoms with Crippen LogP contribution in [0.1, 0.15) is 30.7 Å². The van der Waals surface area contributed by atoms with Gasteiger partial charge in [-0.2, -0.15) is 0 Å². The van der Waals surface area contributed by atoms with Crippen LogP contribution in [0.3, 0.4) is 0 Å². The van der Waals surface area contributed by atoms with Gasteiger partial charge in [0.2, 0.25) is 0 Å². The van der Waals surface area contributed by atoms with Crippen molar-refractivity contribution in [1.29, 1.82) is 0 Å². The van der Waals surface area contributed by atoms with Crippen LogP contribution in [-0.4, -0.2) is 14.8 Å². The summed E-state index contributed by atoms with van der Waals surface area (Å²) < 4.78 is 2.23. The van der Waals surface area contributed by atoms with Crippen molar-refractivity contribution in [2.24, 2.45) is 0 Å². The highest BCUT2D eigenvalue weighted by atomic mass is 35.5. The van der Waals surface area contributed by atoms with Gasteiger partial charge in [0.25, 0.3) is 0 Å². The van der Waals surface area contributed by atoms with E-state index < -0.39 is 0 Å². The molecule has 126 valence electrons. The third-order valence-corrected chi connectivity index (χ3v) is 6.04. The predicted molar refractivity (Wildman–Crippen MR) is 104 cm³/mol. The Balaban J connectivity index is 1.82. The number of thiophene rings is 1. The van der Waals surface area contributed by atoms with Gasteiger partial charge in [-0.1, -0.05) is 49.3 Å². The fourth-order valence-electron chi connectivity index (χ4n) is 2.49. The zero-order valence-electron chi connectivity index (χ0n) is 13.8. The van der Waals surface area contributed by atoms with Gasteiger partial charge >= 0.3 is 0 Å². The van der Waals surface area contributed by atoms with E-state index in [9.17, 15) is 0 Å². The second-order valence-corrected chi connectivity index (χ2v) is 7.91. The molecule has 0 aliphatic heterocycles. The number of rotatable bonds is 7. The molecule has 0 radical (unpaired) electrons. The van der Waals surface area contributed by atoms with E-state index in [-0.39, 0.29) is 0 Å². The lowest BCUT2D eigenvalue weighted by atomic mass is 10.2. The van der Waals surface area contributed by atoms with Crippen molar-refractivity contribution < 1.29 is 0 Å². The maximum Gasteiger partial charge on any atom is 0.191 e. The monoisotopic (exact) mass is 377 g/mol. The summed E-state index contributed by atoms with van der Waals surface area (Å²) in [4.78, 5) is 1.38. The summed E-state index contributed by atoms with van der Waals surface area (Å²) in [6.07, 6.45) is 2.11. The highest BCUT2D eigenvalue weighted by Crippen LogP contribution is 2.30. The summed E-state index contributed by atoms with van der Waals surface area (Å²) in [6.45, 7) is 5.29. The van der Waals surface area contributed by atoms with E-state index in [1.807, 2.05) is 18.2 Å². The first-order valence-corrected chi connectivity index (χ1v) is 10.3. The lowest BCUT2D eigenvalue weighted by Crippen LogP contribution is -2.01. The van der Waals surface area contributed by atoms with Crippen LogP contribution in [0.25, 0.3) is 11.4 Å². The maximum atomic E-state index is 6.07.